The van der Waals surface area contributed by atoms with Gasteiger partial charge in [0.05, 0.1) is 5.41 Å². The highest BCUT2D eigenvalue weighted by atomic mass is 14.5. The van der Waals surface area contributed by atoms with Crippen LogP contribution in [-0.2, 0) is 5.41 Å². The molecule has 0 heteroatoms. The van der Waals surface area contributed by atoms with Crippen molar-refractivity contribution in [3.05, 3.63) is 144 Å². The summed E-state index contributed by atoms with van der Waals surface area (Å²) in [7, 11) is 0. The smallest absolute Gasteiger partial charge is 0.0619 e. The summed E-state index contributed by atoms with van der Waals surface area (Å²) in [5, 5.41) is 5.20. The van der Waals surface area contributed by atoms with Crippen LogP contribution in [0.4, 0.5) is 0 Å². The van der Waals surface area contributed by atoms with Gasteiger partial charge in [0.2, 0.25) is 0 Å². The molecule has 0 atom stereocenters. The Balaban J connectivity index is 1.62. The summed E-state index contributed by atoms with van der Waals surface area (Å²) >= 11 is 0. The van der Waals surface area contributed by atoms with Gasteiger partial charge in [-0.3, -0.25) is 0 Å². The van der Waals surface area contributed by atoms with Gasteiger partial charge in [-0.05, 0) is 90.3 Å². The molecule has 0 radical (unpaired) electrons. The quantitative estimate of drug-likeness (QED) is 0.233. The van der Waals surface area contributed by atoms with Crippen molar-refractivity contribution in [3.63, 3.8) is 0 Å². The zero-order chi connectivity index (χ0) is 21.6. The molecule has 0 heterocycles. The standard InChI is InChI=1S/C33H20/c1-3-11-23-19-31-27(17-21(23)9-1)25-13-5-7-15-29(25)33(31)30-16-8-6-14-26(30)28-18-22-10-2-4-12-24(22)20-32(28)33/h1-20H. The van der Waals surface area contributed by atoms with Crippen LogP contribution in [-0.4, -0.2) is 0 Å². The number of hydrogen-bond acceptors (Lipinski definition) is 0. The molecule has 0 saturated carbocycles. The fourth-order valence-electron chi connectivity index (χ4n) is 6.51. The average Bonchev–Trinajstić information content (AvgIpc) is 3.32. The van der Waals surface area contributed by atoms with Gasteiger partial charge in [-0.2, -0.15) is 0 Å². The van der Waals surface area contributed by atoms with E-state index in [1.165, 1.54) is 66.1 Å². The van der Waals surface area contributed by atoms with Gasteiger partial charge >= 0.3 is 0 Å². The molecule has 6 aromatic carbocycles. The second-order valence-corrected chi connectivity index (χ2v) is 9.33. The van der Waals surface area contributed by atoms with Crippen LogP contribution < -0.4 is 0 Å². The topological polar surface area (TPSA) is 0 Å². The number of fused-ring (bicyclic) bond motifs is 12. The van der Waals surface area contributed by atoms with Crippen molar-refractivity contribution in [1.29, 1.82) is 0 Å². The zero-order valence-electron chi connectivity index (χ0n) is 18.0. The summed E-state index contributed by atoms with van der Waals surface area (Å²) in [6, 6.07) is 45.3. The lowest BCUT2D eigenvalue weighted by molar-refractivity contribution is 0.796. The Hall–Kier alpha value is -4.16. The highest BCUT2D eigenvalue weighted by molar-refractivity contribution is 6.02. The fraction of sp³-hybridized carbons (Fsp3) is 0.0303. The van der Waals surface area contributed by atoms with Gasteiger partial charge in [-0.15, -0.1) is 0 Å². The molecule has 2 aliphatic carbocycles. The van der Waals surface area contributed by atoms with Crippen LogP contribution in [0.2, 0.25) is 0 Å². The van der Waals surface area contributed by atoms with Crippen LogP contribution in [0.15, 0.2) is 121 Å². The molecule has 0 bridgehead atoms. The second kappa shape index (κ2) is 5.99. The average molecular weight is 417 g/mol. The summed E-state index contributed by atoms with van der Waals surface area (Å²) in [6.45, 7) is 0. The van der Waals surface area contributed by atoms with Crippen LogP contribution in [0, 0.1) is 0 Å². The molecule has 0 N–H and O–H groups in total. The largest absolute Gasteiger partial charge is 0.0725 e. The lowest BCUT2D eigenvalue weighted by Crippen LogP contribution is -2.25. The van der Waals surface area contributed by atoms with Crippen LogP contribution in [0.3, 0.4) is 0 Å². The van der Waals surface area contributed by atoms with Crippen LogP contribution in [0.25, 0.3) is 43.8 Å². The second-order valence-electron chi connectivity index (χ2n) is 9.33. The summed E-state index contributed by atoms with van der Waals surface area (Å²) in [4.78, 5) is 0. The van der Waals surface area contributed by atoms with Gasteiger partial charge in [-0.1, -0.05) is 97.1 Å². The Morgan fingerprint density at radius 3 is 1.12 bits per heavy atom. The molecule has 8 rings (SSSR count). The Labute approximate surface area is 192 Å². The van der Waals surface area contributed by atoms with Crippen molar-refractivity contribution >= 4 is 21.5 Å². The molecule has 0 amide bonds. The molecule has 0 saturated heterocycles. The third kappa shape index (κ3) is 2.02. The van der Waals surface area contributed by atoms with Gasteiger partial charge in [0, 0.05) is 0 Å². The number of benzene rings is 6. The Bertz CT molecular complexity index is 1640. The molecule has 33 heavy (non-hydrogen) atoms. The van der Waals surface area contributed by atoms with E-state index in [1.54, 1.807) is 0 Å². The van der Waals surface area contributed by atoms with Crippen molar-refractivity contribution in [2.24, 2.45) is 0 Å². The monoisotopic (exact) mass is 416 g/mol. The first-order chi connectivity index (χ1) is 16.4. The minimum Gasteiger partial charge on any atom is -0.0619 e. The van der Waals surface area contributed by atoms with E-state index in [2.05, 4.69) is 121 Å². The van der Waals surface area contributed by atoms with Crippen molar-refractivity contribution < 1.29 is 0 Å². The van der Waals surface area contributed by atoms with Gasteiger partial charge in [0.15, 0.2) is 0 Å². The normalized spacial score (nSPS) is 14.3. The van der Waals surface area contributed by atoms with Crippen LogP contribution >= 0.6 is 0 Å². The number of rotatable bonds is 0. The highest BCUT2D eigenvalue weighted by Crippen LogP contribution is 2.63. The number of hydrogen-bond donors (Lipinski definition) is 0. The highest BCUT2D eigenvalue weighted by Gasteiger charge is 2.51. The molecule has 0 aliphatic heterocycles. The first kappa shape index (κ1) is 17.4. The van der Waals surface area contributed by atoms with E-state index in [0.29, 0.717) is 0 Å². The predicted molar refractivity (Wildman–Crippen MR) is 138 cm³/mol. The van der Waals surface area contributed by atoms with Crippen molar-refractivity contribution in [2.45, 2.75) is 5.41 Å². The lowest BCUT2D eigenvalue weighted by Gasteiger charge is -2.30. The Morgan fingerprint density at radius 2 is 0.667 bits per heavy atom. The maximum absolute atomic E-state index is 2.45. The van der Waals surface area contributed by atoms with Gasteiger partial charge in [0.25, 0.3) is 0 Å². The minimum absolute atomic E-state index is 0.286. The van der Waals surface area contributed by atoms with E-state index in [0.717, 1.165) is 0 Å². The predicted octanol–water partition coefficient (Wildman–Crippen LogP) is 8.34. The van der Waals surface area contributed by atoms with E-state index in [1.807, 2.05) is 0 Å². The van der Waals surface area contributed by atoms with E-state index < -0.39 is 0 Å². The van der Waals surface area contributed by atoms with Crippen molar-refractivity contribution in [1.82, 2.24) is 0 Å². The lowest BCUT2D eigenvalue weighted by atomic mass is 9.70. The molecule has 0 nitrogen and oxygen atoms in total. The van der Waals surface area contributed by atoms with Gasteiger partial charge in [0.1, 0.15) is 0 Å². The van der Waals surface area contributed by atoms with Crippen molar-refractivity contribution in [2.75, 3.05) is 0 Å². The SMILES string of the molecule is c1ccc2c(c1)-c1cc3ccccc3cc1C21c2ccccc2-c2cc3ccccc3cc21. The molecule has 0 aromatic heterocycles. The van der Waals surface area contributed by atoms with E-state index in [4.69, 9.17) is 0 Å². The van der Waals surface area contributed by atoms with Crippen LogP contribution in [0.1, 0.15) is 22.3 Å². The van der Waals surface area contributed by atoms with E-state index in [-0.39, 0.29) is 5.41 Å². The molecule has 0 fully saturated rings. The third-order valence-corrected chi connectivity index (χ3v) is 7.82. The minimum atomic E-state index is -0.286. The van der Waals surface area contributed by atoms with Crippen LogP contribution in [0.5, 0.6) is 0 Å². The maximum Gasteiger partial charge on any atom is 0.0725 e. The molecule has 2 aliphatic rings. The zero-order valence-corrected chi connectivity index (χ0v) is 18.0. The fourth-order valence-corrected chi connectivity index (χ4v) is 6.51. The first-order valence-corrected chi connectivity index (χ1v) is 11.6. The maximum atomic E-state index is 2.45. The summed E-state index contributed by atoms with van der Waals surface area (Å²) in [6.07, 6.45) is 0. The molecule has 1 spiro atoms. The molecule has 0 unspecified atom stereocenters. The van der Waals surface area contributed by atoms with Gasteiger partial charge in [-0.25, -0.2) is 0 Å². The molecule has 6 aromatic rings. The van der Waals surface area contributed by atoms with E-state index in [9.17, 15) is 0 Å². The summed E-state index contributed by atoms with van der Waals surface area (Å²) in [5.41, 5.74) is 10.8. The molecule has 152 valence electrons. The summed E-state index contributed by atoms with van der Waals surface area (Å²) in [5.74, 6) is 0. The van der Waals surface area contributed by atoms with Crippen molar-refractivity contribution in [3.8, 4) is 22.3 Å². The Kier molecular flexibility index (Phi) is 3.16. The first-order valence-electron chi connectivity index (χ1n) is 11.6. The third-order valence-electron chi connectivity index (χ3n) is 7.82. The van der Waals surface area contributed by atoms with E-state index >= 15 is 0 Å². The Morgan fingerprint density at radius 1 is 0.303 bits per heavy atom. The summed E-state index contributed by atoms with van der Waals surface area (Å²) < 4.78 is 0. The molecular formula is C33H20. The van der Waals surface area contributed by atoms with Gasteiger partial charge < -0.3 is 0 Å². The molecular weight excluding hydrogens is 396 g/mol.